The number of rotatable bonds is 6. The lowest BCUT2D eigenvalue weighted by Crippen LogP contribution is -2.15. The van der Waals surface area contributed by atoms with Gasteiger partial charge in [-0.3, -0.25) is 4.79 Å². The fourth-order valence-electron chi connectivity index (χ4n) is 2.69. The molecule has 3 N–H and O–H groups in total. The second kappa shape index (κ2) is 8.73. The fraction of sp³-hybridized carbons (Fsp3) is 0.0952. The Balaban J connectivity index is 1.67. The normalized spacial score (nSPS) is 10.8. The van der Waals surface area contributed by atoms with E-state index in [9.17, 15) is 13.2 Å². The highest BCUT2D eigenvalue weighted by atomic mass is 32.2. The molecule has 0 aliphatic heterocycles. The Morgan fingerprint density at radius 2 is 1.93 bits per heavy atom. The summed E-state index contributed by atoms with van der Waals surface area (Å²) in [5, 5.41) is 17.0. The van der Waals surface area contributed by atoms with Crippen molar-refractivity contribution in [1.82, 2.24) is 4.98 Å². The number of carbonyl (C=O) groups excluding carboxylic acids is 1. The van der Waals surface area contributed by atoms with Crippen LogP contribution in [0.5, 0.6) is 11.6 Å². The molecule has 0 bridgehead atoms. The molecule has 0 radical (unpaired) electrons. The van der Waals surface area contributed by atoms with E-state index in [1.165, 1.54) is 18.3 Å². The SMILES string of the molecule is Cc1cc(Oc2ncccc2C#N)ccc1NC(=O)Cc1ccc(S(N)(=O)=O)cc1. The third kappa shape index (κ3) is 5.20. The fourth-order valence-corrected chi connectivity index (χ4v) is 3.20. The summed E-state index contributed by atoms with van der Waals surface area (Å²) >= 11 is 0. The molecular weight excluding hydrogens is 404 g/mol. The molecule has 3 rings (SSSR count). The zero-order valence-corrected chi connectivity index (χ0v) is 16.8. The minimum absolute atomic E-state index is 0.00875. The molecule has 1 amide bonds. The Morgan fingerprint density at radius 3 is 2.57 bits per heavy atom. The van der Waals surface area contributed by atoms with Gasteiger partial charge in [-0.15, -0.1) is 0 Å². The molecule has 30 heavy (non-hydrogen) atoms. The van der Waals surface area contributed by atoms with Crippen molar-refractivity contribution in [2.75, 3.05) is 5.32 Å². The van der Waals surface area contributed by atoms with Gasteiger partial charge in [-0.1, -0.05) is 12.1 Å². The molecule has 3 aromatic rings. The number of nitrogens with zero attached hydrogens (tertiary/aromatic N) is 2. The van der Waals surface area contributed by atoms with Gasteiger partial charge in [-0.2, -0.15) is 5.26 Å². The first-order valence-electron chi connectivity index (χ1n) is 8.81. The molecule has 0 aliphatic rings. The molecule has 152 valence electrons. The summed E-state index contributed by atoms with van der Waals surface area (Å²) in [6, 6.07) is 16.2. The average molecular weight is 422 g/mol. The van der Waals surface area contributed by atoms with E-state index in [2.05, 4.69) is 10.3 Å². The highest BCUT2D eigenvalue weighted by Crippen LogP contribution is 2.26. The summed E-state index contributed by atoms with van der Waals surface area (Å²) < 4.78 is 28.3. The topological polar surface area (TPSA) is 135 Å². The number of nitriles is 1. The molecule has 0 fully saturated rings. The van der Waals surface area contributed by atoms with Gasteiger partial charge in [0.2, 0.25) is 21.8 Å². The summed E-state index contributed by atoms with van der Waals surface area (Å²) in [4.78, 5) is 16.4. The molecule has 0 saturated heterocycles. The first-order valence-corrected chi connectivity index (χ1v) is 10.4. The van der Waals surface area contributed by atoms with Crippen LogP contribution in [0, 0.1) is 18.3 Å². The van der Waals surface area contributed by atoms with Gasteiger partial charge in [0.15, 0.2) is 0 Å². The molecule has 0 atom stereocenters. The maximum absolute atomic E-state index is 12.3. The lowest BCUT2D eigenvalue weighted by Gasteiger charge is -2.11. The van der Waals surface area contributed by atoms with Crippen molar-refractivity contribution < 1.29 is 17.9 Å². The third-order valence-corrected chi connectivity index (χ3v) is 5.12. The van der Waals surface area contributed by atoms with E-state index < -0.39 is 10.0 Å². The van der Waals surface area contributed by atoms with Crippen molar-refractivity contribution in [2.24, 2.45) is 5.14 Å². The van der Waals surface area contributed by atoms with Crippen LogP contribution in [0.4, 0.5) is 5.69 Å². The van der Waals surface area contributed by atoms with Crippen LogP contribution in [0.15, 0.2) is 65.7 Å². The van der Waals surface area contributed by atoms with Crippen molar-refractivity contribution in [1.29, 1.82) is 5.26 Å². The van der Waals surface area contributed by atoms with Crippen LogP contribution in [0.2, 0.25) is 0 Å². The van der Waals surface area contributed by atoms with Gasteiger partial charge in [0, 0.05) is 11.9 Å². The van der Waals surface area contributed by atoms with Crippen LogP contribution in [-0.4, -0.2) is 19.3 Å². The minimum atomic E-state index is -3.77. The number of benzene rings is 2. The Morgan fingerprint density at radius 1 is 1.20 bits per heavy atom. The predicted molar refractivity (Wildman–Crippen MR) is 110 cm³/mol. The van der Waals surface area contributed by atoms with Crippen LogP contribution in [0.1, 0.15) is 16.7 Å². The number of hydrogen-bond acceptors (Lipinski definition) is 6. The quantitative estimate of drug-likeness (QED) is 0.627. The number of carbonyl (C=O) groups is 1. The van der Waals surface area contributed by atoms with Crippen LogP contribution >= 0.6 is 0 Å². The molecule has 9 heteroatoms. The smallest absolute Gasteiger partial charge is 0.238 e. The summed E-state index contributed by atoms with van der Waals surface area (Å²) in [5.74, 6) is 0.435. The number of nitrogens with one attached hydrogen (secondary N) is 1. The molecule has 0 unspecified atom stereocenters. The van der Waals surface area contributed by atoms with E-state index >= 15 is 0 Å². The number of ether oxygens (including phenoxy) is 1. The van der Waals surface area contributed by atoms with Crippen molar-refractivity contribution in [3.05, 3.63) is 77.5 Å². The highest BCUT2D eigenvalue weighted by Gasteiger charge is 2.11. The Kier molecular flexibility index (Phi) is 6.11. The zero-order valence-electron chi connectivity index (χ0n) is 16.0. The van der Waals surface area contributed by atoms with Gasteiger partial charge in [0.05, 0.1) is 11.3 Å². The van der Waals surface area contributed by atoms with Crippen LogP contribution in [0.25, 0.3) is 0 Å². The minimum Gasteiger partial charge on any atom is -0.438 e. The van der Waals surface area contributed by atoms with Crippen molar-refractivity contribution in [2.45, 2.75) is 18.2 Å². The van der Waals surface area contributed by atoms with Gasteiger partial charge in [-0.25, -0.2) is 18.5 Å². The van der Waals surface area contributed by atoms with Crippen LogP contribution < -0.4 is 15.2 Å². The maximum atomic E-state index is 12.3. The highest BCUT2D eigenvalue weighted by molar-refractivity contribution is 7.89. The number of aromatic nitrogens is 1. The standard InChI is InChI=1S/C21H18N4O4S/c1-14-11-17(29-21-16(13-22)3-2-10-24-21)6-9-19(14)25-20(26)12-15-4-7-18(8-5-15)30(23,27)28/h2-11H,12H2,1H3,(H,25,26)(H2,23,27,28). The molecule has 0 spiro atoms. The molecule has 1 heterocycles. The van der Waals surface area contributed by atoms with E-state index in [4.69, 9.17) is 15.1 Å². The number of nitrogens with two attached hydrogens (primary N) is 1. The monoisotopic (exact) mass is 422 g/mol. The summed E-state index contributed by atoms with van der Waals surface area (Å²) in [6.45, 7) is 1.81. The van der Waals surface area contributed by atoms with Gasteiger partial charge >= 0.3 is 0 Å². The second-order valence-corrected chi connectivity index (χ2v) is 8.02. The molecular formula is C21H18N4O4S. The summed E-state index contributed by atoms with van der Waals surface area (Å²) in [5.41, 5.74) is 2.34. The van der Waals surface area contributed by atoms with Gasteiger partial charge in [-0.05, 0) is 60.5 Å². The molecule has 2 aromatic carbocycles. The van der Waals surface area contributed by atoms with E-state index in [0.29, 0.717) is 22.6 Å². The first kappa shape index (κ1) is 21.0. The average Bonchev–Trinajstić information content (AvgIpc) is 2.70. The third-order valence-electron chi connectivity index (χ3n) is 4.19. The number of sulfonamides is 1. The van der Waals surface area contributed by atoms with Crippen molar-refractivity contribution in [3.8, 4) is 17.7 Å². The predicted octanol–water partition coefficient (Wildman–Crippen LogP) is 2.88. The number of aryl methyl sites for hydroxylation is 1. The Bertz CT molecular complexity index is 1230. The number of anilines is 1. The van der Waals surface area contributed by atoms with Crippen molar-refractivity contribution in [3.63, 3.8) is 0 Å². The second-order valence-electron chi connectivity index (χ2n) is 6.46. The lowest BCUT2D eigenvalue weighted by atomic mass is 10.1. The Hall–Kier alpha value is -3.74. The van der Waals surface area contributed by atoms with E-state index in [0.717, 1.165) is 5.56 Å². The van der Waals surface area contributed by atoms with Gasteiger partial charge < -0.3 is 10.1 Å². The Labute approximate surface area is 174 Å². The number of pyridine rings is 1. The van der Waals surface area contributed by atoms with Gasteiger partial charge in [0.25, 0.3) is 0 Å². The van der Waals surface area contributed by atoms with Crippen LogP contribution in [0.3, 0.4) is 0 Å². The maximum Gasteiger partial charge on any atom is 0.238 e. The number of amides is 1. The van der Waals surface area contributed by atoms with E-state index in [1.54, 1.807) is 42.5 Å². The number of primary sulfonamides is 1. The van der Waals surface area contributed by atoms with E-state index in [1.807, 2.05) is 13.0 Å². The molecule has 0 aliphatic carbocycles. The van der Waals surface area contributed by atoms with Gasteiger partial charge in [0.1, 0.15) is 17.4 Å². The molecule has 0 saturated carbocycles. The summed E-state index contributed by atoms with van der Waals surface area (Å²) in [7, 11) is -3.77. The zero-order chi connectivity index (χ0) is 21.7. The first-order chi connectivity index (χ1) is 14.3. The summed E-state index contributed by atoms with van der Waals surface area (Å²) in [6.07, 6.45) is 1.61. The van der Waals surface area contributed by atoms with Crippen molar-refractivity contribution >= 4 is 21.6 Å². The van der Waals surface area contributed by atoms with E-state index in [-0.39, 0.29) is 23.1 Å². The lowest BCUT2D eigenvalue weighted by molar-refractivity contribution is -0.115. The largest absolute Gasteiger partial charge is 0.438 e. The molecule has 8 nitrogen and oxygen atoms in total. The number of hydrogen-bond donors (Lipinski definition) is 2. The molecule has 1 aromatic heterocycles. The van der Waals surface area contributed by atoms with Crippen LogP contribution in [-0.2, 0) is 21.2 Å².